The third-order valence-corrected chi connectivity index (χ3v) is 7.54. The maximum atomic E-state index is 12.3. The summed E-state index contributed by atoms with van der Waals surface area (Å²) in [6, 6.07) is 19.6. The van der Waals surface area contributed by atoms with Crippen molar-refractivity contribution in [3.05, 3.63) is 94.6 Å². The van der Waals surface area contributed by atoms with Gasteiger partial charge < -0.3 is 9.84 Å². The van der Waals surface area contributed by atoms with E-state index in [0.29, 0.717) is 19.6 Å². The monoisotopic (exact) mass is 517 g/mol. The number of nitrogens with zero attached hydrogens (tertiary/aromatic N) is 3. The Labute approximate surface area is 223 Å². The van der Waals surface area contributed by atoms with E-state index in [4.69, 9.17) is 16.3 Å². The van der Waals surface area contributed by atoms with Crippen LogP contribution in [-0.4, -0.2) is 65.2 Å². The Morgan fingerprint density at radius 3 is 2.62 bits per heavy atom. The van der Waals surface area contributed by atoms with Gasteiger partial charge in [0.25, 0.3) is 0 Å². The van der Waals surface area contributed by atoms with Crippen molar-refractivity contribution < 1.29 is 14.6 Å². The SMILES string of the molecule is O=C(O)C1(OCCN2CCCN(Cc3cccnc3-c3ccc(Cl)cc3)CC2)CC=Cc2ccccc21. The predicted octanol–water partition coefficient (Wildman–Crippen LogP) is 5.32. The fraction of sp³-hybridized carbons (Fsp3) is 0.333. The van der Waals surface area contributed by atoms with Crippen molar-refractivity contribution in [2.24, 2.45) is 0 Å². The number of rotatable bonds is 8. The van der Waals surface area contributed by atoms with Crippen molar-refractivity contribution in [2.45, 2.75) is 25.0 Å². The second kappa shape index (κ2) is 11.6. The van der Waals surface area contributed by atoms with Crippen LogP contribution in [0.4, 0.5) is 0 Å². The molecule has 0 radical (unpaired) electrons. The van der Waals surface area contributed by atoms with E-state index in [0.717, 1.165) is 66.6 Å². The Morgan fingerprint density at radius 2 is 1.78 bits per heavy atom. The summed E-state index contributed by atoms with van der Waals surface area (Å²) in [5.74, 6) is -0.931. The number of pyridine rings is 1. The highest BCUT2D eigenvalue weighted by atomic mass is 35.5. The van der Waals surface area contributed by atoms with Crippen molar-refractivity contribution in [1.82, 2.24) is 14.8 Å². The summed E-state index contributed by atoms with van der Waals surface area (Å²) in [5, 5.41) is 10.8. The van der Waals surface area contributed by atoms with Crippen LogP contribution in [0.25, 0.3) is 17.3 Å². The lowest BCUT2D eigenvalue weighted by Gasteiger charge is -2.33. The molecule has 1 aliphatic heterocycles. The van der Waals surface area contributed by atoms with Gasteiger partial charge in [0.05, 0.1) is 12.3 Å². The highest BCUT2D eigenvalue weighted by Gasteiger charge is 2.43. The molecular weight excluding hydrogens is 486 g/mol. The Bertz CT molecular complexity index is 1260. The molecule has 7 heteroatoms. The molecule has 1 N–H and O–H groups in total. The van der Waals surface area contributed by atoms with Crippen LogP contribution in [0.15, 0.2) is 72.9 Å². The fourth-order valence-corrected chi connectivity index (χ4v) is 5.43. The van der Waals surface area contributed by atoms with Gasteiger partial charge in [-0.25, -0.2) is 4.79 Å². The van der Waals surface area contributed by atoms with Crippen LogP contribution in [0.3, 0.4) is 0 Å². The number of aliphatic carboxylic acids is 1. The Morgan fingerprint density at radius 1 is 1.00 bits per heavy atom. The first kappa shape index (κ1) is 25.6. The predicted molar refractivity (Wildman–Crippen MR) is 146 cm³/mol. The summed E-state index contributed by atoms with van der Waals surface area (Å²) in [5.41, 5.74) is 3.60. The van der Waals surface area contributed by atoms with Crippen LogP contribution >= 0.6 is 11.6 Å². The first-order chi connectivity index (χ1) is 18.0. The van der Waals surface area contributed by atoms with Gasteiger partial charge in [0.2, 0.25) is 0 Å². The van der Waals surface area contributed by atoms with Gasteiger partial charge >= 0.3 is 5.97 Å². The van der Waals surface area contributed by atoms with Crippen LogP contribution in [0.5, 0.6) is 0 Å². The highest BCUT2D eigenvalue weighted by molar-refractivity contribution is 6.30. The van der Waals surface area contributed by atoms with Gasteiger partial charge in [-0.05, 0) is 48.8 Å². The van der Waals surface area contributed by atoms with E-state index in [-0.39, 0.29) is 0 Å². The van der Waals surface area contributed by atoms with Gasteiger partial charge in [-0.3, -0.25) is 14.8 Å². The molecule has 3 aromatic rings. The molecule has 5 rings (SSSR count). The number of carbonyl (C=O) groups is 1. The summed E-state index contributed by atoms with van der Waals surface area (Å²) in [6.45, 7) is 5.73. The molecule has 2 heterocycles. The molecule has 2 aliphatic rings. The maximum Gasteiger partial charge on any atom is 0.341 e. The minimum Gasteiger partial charge on any atom is -0.479 e. The molecule has 0 saturated carbocycles. The average Bonchev–Trinajstić information content (AvgIpc) is 3.14. The van der Waals surface area contributed by atoms with Crippen LogP contribution in [0.2, 0.25) is 5.02 Å². The van der Waals surface area contributed by atoms with Crippen molar-refractivity contribution in [3.63, 3.8) is 0 Å². The van der Waals surface area contributed by atoms with E-state index < -0.39 is 11.6 Å². The molecule has 0 amide bonds. The molecule has 0 bridgehead atoms. The largest absolute Gasteiger partial charge is 0.479 e. The van der Waals surface area contributed by atoms with Gasteiger partial charge in [0.1, 0.15) is 0 Å². The second-order valence-corrected chi connectivity index (χ2v) is 10.1. The lowest BCUT2D eigenvalue weighted by atomic mass is 9.83. The lowest BCUT2D eigenvalue weighted by molar-refractivity contribution is -0.168. The Balaban J connectivity index is 1.18. The van der Waals surface area contributed by atoms with Gasteiger partial charge in [0, 0.05) is 54.9 Å². The molecule has 2 aromatic carbocycles. The standard InChI is InChI=1S/C30H32ClN3O3/c31-26-12-10-24(11-13-26)28-25(8-4-15-32-28)22-34-17-5-16-33(18-19-34)20-21-37-30(29(35)36)14-3-7-23-6-1-2-9-27(23)30/h1-4,6-13,15H,5,14,16-22H2,(H,35,36). The number of carboxylic acids is 1. The van der Waals surface area contributed by atoms with Gasteiger partial charge in [0.15, 0.2) is 5.60 Å². The number of ether oxygens (including phenoxy) is 1. The van der Waals surface area contributed by atoms with E-state index in [9.17, 15) is 9.90 Å². The van der Waals surface area contributed by atoms with E-state index in [2.05, 4.69) is 20.9 Å². The number of halogens is 1. The fourth-order valence-electron chi connectivity index (χ4n) is 5.30. The molecule has 192 valence electrons. The first-order valence-corrected chi connectivity index (χ1v) is 13.2. The Hall–Kier alpha value is -3.03. The smallest absolute Gasteiger partial charge is 0.341 e. The van der Waals surface area contributed by atoms with Gasteiger partial charge in [-0.15, -0.1) is 0 Å². The second-order valence-electron chi connectivity index (χ2n) is 9.66. The molecule has 37 heavy (non-hydrogen) atoms. The van der Waals surface area contributed by atoms with Crippen LogP contribution in [-0.2, 0) is 21.7 Å². The molecule has 1 aromatic heterocycles. The van der Waals surface area contributed by atoms with Crippen molar-refractivity contribution in [3.8, 4) is 11.3 Å². The zero-order chi connectivity index (χ0) is 25.7. The number of carboxylic acid groups (broad SMARTS) is 1. The molecular formula is C30H32ClN3O3. The number of hydrogen-bond acceptors (Lipinski definition) is 5. The third kappa shape index (κ3) is 5.78. The molecule has 1 unspecified atom stereocenters. The average molecular weight is 518 g/mol. The lowest BCUT2D eigenvalue weighted by Crippen LogP contribution is -2.42. The van der Waals surface area contributed by atoms with E-state index >= 15 is 0 Å². The molecule has 1 atom stereocenters. The number of benzene rings is 2. The quantitative estimate of drug-likeness (QED) is 0.436. The van der Waals surface area contributed by atoms with Crippen molar-refractivity contribution >= 4 is 23.6 Å². The molecule has 0 spiro atoms. The number of fused-ring (bicyclic) bond motifs is 1. The third-order valence-electron chi connectivity index (χ3n) is 7.28. The summed E-state index contributed by atoms with van der Waals surface area (Å²) in [6.07, 6.45) is 7.10. The molecule has 1 aliphatic carbocycles. The summed E-state index contributed by atoms with van der Waals surface area (Å²) in [7, 11) is 0. The first-order valence-electron chi connectivity index (χ1n) is 12.8. The minimum atomic E-state index is -1.32. The van der Waals surface area contributed by atoms with E-state index in [1.807, 2.05) is 72.9 Å². The summed E-state index contributed by atoms with van der Waals surface area (Å²) >= 11 is 6.08. The molecule has 1 fully saturated rings. The molecule has 1 saturated heterocycles. The topological polar surface area (TPSA) is 65.9 Å². The Kier molecular flexibility index (Phi) is 8.01. The summed E-state index contributed by atoms with van der Waals surface area (Å²) < 4.78 is 6.17. The minimum absolute atomic E-state index is 0.341. The van der Waals surface area contributed by atoms with Gasteiger partial charge in [-0.2, -0.15) is 0 Å². The van der Waals surface area contributed by atoms with Crippen molar-refractivity contribution in [2.75, 3.05) is 39.3 Å². The van der Waals surface area contributed by atoms with Crippen molar-refractivity contribution in [1.29, 1.82) is 0 Å². The zero-order valence-corrected chi connectivity index (χ0v) is 21.6. The number of hydrogen-bond donors (Lipinski definition) is 1. The normalized spacial score (nSPS) is 20.4. The highest BCUT2D eigenvalue weighted by Crippen LogP contribution is 2.37. The van der Waals surface area contributed by atoms with Crippen LogP contribution in [0, 0.1) is 0 Å². The molecule has 6 nitrogen and oxygen atoms in total. The maximum absolute atomic E-state index is 12.3. The van der Waals surface area contributed by atoms with E-state index in [1.54, 1.807) is 0 Å². The van der Waals surface area contributed by atoms with Crippen LogP contribution in [0.1, 0.15) is 29.5 Å². The van der Waals surface area contributed by atoms with Crippen LogP contribution < -0.4 is 0 Å². The van der Waals surface area contributed by atoms with E-state index in [1.165, 1.54) is 5.56 Å². The summed E-state index contributed by atoms with van der Waals surface area (Å²) in [4.78, 5) is 21.9. The zero-order valence-electron chi connectivity index (χ0n) is 20.9. The number of aromatic nitrogens is 1. The van der Waals surface area contributed by atoms with Gasteiger partial charge in [-0.1, -0.05) is 66.2 Å².